The van der Waals surface area contributed by atoms with Crippen LogP contribution in [0.25, 0.3) is 0 Å². The number of aliphatic imine (C=N–C) groups is 1. The number of hydrogen-bond donors (Lipinski definition) is 2. The highest BCUT2D eigenvalue weighted by molar-refractivity contribution is 5.79. The van der Waals surface area contributed by atoms with E-state index in [-0.39, 0.29) is 5.75 Å². The molecular weight excluding hydrogens is 281 g/mol. The molecular formula is C17H20FN3O. The second-order valence-electron chi connectivity index (χ2n) is 5.03. The smallest absolute Gasteiger partial charge is 0.193 e. The van der Waals surface area contributed by atoms with Crippen LogP contribution in [0.15, 0.2) is 53.5 Å². The molecule has 2 aromatic carbocycles. The molecule has 0 unspecified atom stereocenters. The van der Waals surface area contributed by atoms with Crippen LogP contribution in [0.5, 0.6) is 5.75 Å². The predicted octanol–water partition coefficient (Wildman–Crippen LogP) is 2.74. The first-order chi connectivity index (χ1) is 10.6. The molecule has 0 spiro atoms. The third-order valence-electron chi connectivity index (χ3n) is 3.30. The summed E-state index contributed by atoms with van der Waals surface area (Å²) in [5.74, 6) is -0.237. The minimum atomic E-state index is -0.619. The number of rotatable bonds is 4. The van der Waals surface area contributed by atoms with Crippen LogP contribution in [0, 0.1) is 5.82 Å². The second kappa shape index (κ2) is 7.45. The van der Waals surface area contributed by atoms with Crippen molar-refractivity contribution in [1.29, 1.82) is 0 Å². The summed E-state index contributed by atoms with van der Waals surface area (Å²) in [6, 6.07) is 14.4. The molecule has 22 heavy (non-hydrogen) atoms. The van der Waals surface area contributed by atoms with Gasteiger partial charge in [0.15, 0.2) is 17.5 Å². The molecule has 0 radical (unpaired) electrons. The zero-order chi connectivity index (χ0) is 15.9. The van der Waals surface area contributed by atoms with Crippen molar-refractivity contribution in [3.63, 3.8) is 0 Å². The average Bonchev–Trinajstić information content (AvgIpc) is 2.52. The van der Waals surface area contributed by atoms with Crippen LogP contribution >= 0.6 is 0 Å². The molecule has 0 aliphatic carbocycles. The summed E-state index contributed by atoms with van der Waals surface area (Å²) in [6.45, 7) is 1.16. The van der Waals surface area contributed by atoms with Gasteiger partial charge >= 0.3 is 0 Å². The third-order valence-corrected chi connectivity index (χ3v) is 3.30. The summed E-state index contributed by atoms with van der Waals surface area (Å²) >= 11 is 0. The van der Waals surface area contributed by atoms with Crippen LogP contribution in [0.1, 0.15) is 11.1 Å². The first kappa shape index (κ1) is 15.8. The maximum absolute atomic E-state index is 13.3. The van der Waals surface area contributed by atoms with Crippen LogP contribution in [0.3, 0.4) is 0 Å². The zero-order valence-corrected chi connectivity index (χ0v) is 12.8. The highest BCUT2D eigenvalue weighted by Gasteiger charge is 2.07. The Morgan fingerprint density at radius 1 is 1.18 bits per heavy atom. The topological polar surface area (TPSA) is 47.9 Å². The number of benzene rings is 2. The van der Waals surface area contributed by atoms with E-state index in [2.05, 4.69) is 22.4 Å². The fourth-order valence-corrected chi connectivity index (χ4v) is 2.16. The van der Waals surface area contributed by atoms with E-state index in [9.17, 15) is 9.50 Å². The van der Waals surface area contributed by atoms with Crippen molar-refractivity contribution < 1.29 is 9.50 Å². The average molecular weight is 301 g/mol. The lowest BCUT2D eigenvalue weighted by molar-refractivity contribution is 0.431. The van der Waals surface area contributed by atoms with E-state index in [1.807, 2.05) is 30.1 Å². The van der Waals surface area contributed by atoms with Crippen LogP contribution in [-0.2, 0) is 13.1 Å². The molecule has 0 saturated carbocycles. The van der Waals surface area contributed by atoms with Crippen LogP contribution in [0.2, 0.25) is 0 Å². The monoisotopic (exact) mass is 301 g/mol. The molecule has 0 aliphatic rings. The first-order valence-electron chi connectivity index (χ1n) is 7.03. The number of halogens is 1. The van der Waals surface area contributed by atoms with Gasteiger partial charge in [0.25, 0.3) is 0 Å². The normalized spacial score (nSPS) is 11.3. The maximum atomic E-state index is 13.3. The first-order valence-corrected chi connectivity index (χ1v) is 7.03. The van der Waals surface area contributed by atoms with Gasteiger partial charge in [0, 0.05) is 27.2 Å². The quantitative estimate of drug-likeness (QED) is 0.674. The third kappa shape index (κ3) is 4.22. The molecule has 0 saturated heterocycles. The van der Waals surface area contributed by atoms with Crippen molar-refractivity contribution in [3.05, 3.63) is 65.5 Å². The lowest BCUT2D eigenvalue weighted by Crippen LogP contribution is -2.38. The van der Waals surface area contributed by atoms with Gasteiger partial charge in [-0.05, 0) is 23.3 Å². The van der Waals surface area contributed by atoms with Crippen molar-refractivity contribution in [1.82, 2.24) is 10.2 Å². The largest absolute Gasteiger partial charge is 0.505 e. The number of phenolic OH excluding ortho intramolecular Hbond substituents is 1. The Labute approximate surface area is 129 Å². The molecule has 0 bridgehead atoms. The Bertz CT molecular complexity index is 644. The van der Waals surface area contributed by atoms with Crippen LogP contribution < -0.4 is 5.32 Å². The minimum absolute atomic E-state index is 0.339. The van der Waals surface area contributed by atoms with E-state index >= 15 is 0 Å². The molecule has 5 heteroatoms. The molecule has 0 amide bonds. The Kier molecular flexibility index (Phi) is 5.36. The van der Waals surface area contributed by atoms with E-state index in [1.165, 1.54) is 17.7 Å². The molecule has 0 aromatic heterocycles. The minimum Gasteiger partial charge on any atom is -0.505 e. The molecule has 0 heterocycles. The highest BCUT2D eigenvalue weighted by Crippen LogP contribution is 2.16. The van der Waals surface area contributed by atoms with Gasteiger partial charge in [-0.15, -0.1) is 0 Å². The number of nitrogens with one attached hydrogen (secondary N) is 1. The van der Waals surface area contributed by atoms with Gasteiger partial charge in [-0.1, -0.05) is 36.4 Å². The van der Waals surface area contributed by atoms with E-state index in [0.717, 1.165) is 18.1 Å². The molecule has 2 aromatic rings. The van der Waals surface area contributed by atoms with E-state index in [0.29, 0.717) is 6.54 Å². The fraction of sp³-hybridized carbons (Fsp3) is 0.235. The molecule has 4 nitrogen and oxygen atoms in total. The van der Waals surface area contributed by atoms with E-state index in [1.54, 1.807) is 13.1 Å². The van der Waals surface area contributed by atoms with Crippen LogP contribution in [0.4, 0.5) is 4.39 Å². The lowest BCUT2D eigenvalue weighted by Gasteiger charge is -2.22. The molecule has 0 atom stereocenters. The molecule has 0 aliphatic heterocycles. The van der Waals surface area contributed by atoms with Gasteiger partial charge in [-0.2, -0.15) is 0 Å². The molecule has 2 N–H and O–H groups in total. The van der Waals surface area contributed by atoms with Gasteiger partial charge in [0.2, 0.25) is 0 Å². The Hall–Kier alpha value is -2.56. The number of hydrogen-bond acceptors (Lipinski definition) is 2. The van der Waals surface area contributed by atoms with Crippen molar-refractivity contribution in [2.24, 2.45) is 4.99 Å². The number of guanidine groups is 1. The number of phenols is 1. The van der Waals surface area contributed by atoms with Gasteiger partial charge in [-0.25, -0.2) is 4.39 Å². The van der Waals surface area contributed by atoms with E-state index in [4.69, 9.17) is 0 Å². The maximum Gasteiger partial charge on any atom is 0.193 e. The summed E-state index contributed by atoms with van der Waals surface area (Å²) < 4.78 is 13.3. The Morgan fingerprint density at radius 2 is 1.91 bits per heavy atom. The van der Waals surface area contributed by atoms with Gasteiger partial charge in [0.1, 0.15) is 0 Å². The lowest BCUT2D eigenvalue weighted by atomic mass is 10.2. The van der Waals surface area contributed by atoms with Crippen LogP contribution in [-0.4, -0.2) is 30.1 Å². The molecule has 2 rings (SSSR count). The van der Waals surface area contributed by atoms with Gasteiger partial charge < -0.3 is 15.3 Å². The Morgan fingerprint density at radius 3 is 2.55 bits per heavy atom. The number of nitrogens with zero attached hydrogens (tertiary/aromatic N) is 2. The highest BCUT2D eigenvalue weighted by atomic mass is 19.1. The standard InChI is InChI=1S/C17H20FN3O/c1-19-17(21(2)12-13-6-4-3-5-7-13)20-11-14-8-9-16(22)15(18)10-14/h3-10,22H,11-12H2,1-2H3,(H,19,20). The van der Waals surface area contributed by atoms with Gasteiger partial charge in [0.05, 0.1) is 0 Å². The van der Waals surface area contributed by atoms with E-state index < -0.39 is 5.82 Å². The van der Waals surface area contributed by atoms with Crippen molar-refractivity contribution in [3.8, 4) is 5.75 Å². The van der Waals surface area contributed by atoms with Gasteiger partial charge in [-0.3, -0.25) is 4.99 Å². The summed E-state index contributed by atoms with van der Waals surface area (Å²) in [5, 5.41) is 12.4. The summed E-state index contributed by atoms with van der Waals surface area (Å²) in [6.07, 6.45) is 0. The Balaban J connectivity index is 1.95. The summed E-state index contributed by atoms with van der Waals surface area (Å²) in [5.41, 5.74) is 1.92. The van der Waals surface area contributed by atoms with Crippen molar-refractivity contribution >= 4 is 5.96 Å². The number of aromatic hydroxyl groups is 1. The van der Waals surface area contributed by atoms with Crippen molar-refractivity contribution in [2.75, 3.05) is 14.1 Å². The SMILES string of the molecule is CN=C(NCc1ccc(O)c(F)c1)N(C)Cc1ccccc1. The molecule has 116 valence electrons. The zero-order valence-electron chi connectivity index (χ0n) is 12.8. The second-order valence-corrected chi connectivity index (χ2v) is 5.03. The fourth-order valence-electron chi connectivity index (χ4n) is 2.16. The summed E-state index contributed by atoms with van der Waals surface area (Å²) in [7, 11) is 3.65. The summed E-state index contributed by atoms with van der Waals surface area (Å²) in [4.78, 5) is 6.22. The predicted molar refractivity (Wildman–Crippen MR) is 86.2 cm³/mol. The van der Waals surface area contributed by atoms with Crippen molar-refractivity contribution in [2.45, 2.75) is 13.1 Å². The molecule has 0 fully saturated rings.